The highest BCUT2D eigenvalue weighted by atomic mass is 35.5. The number of likely N-dealkylation sites (N-methyl/N-ethyl adjacent to an activating group) is 1. The van der Waals surface area contributed by atoms with Crippen molar-refractivity contribution in [1.82, 2.24) is 9.62 Å². The Morgan fingerprint density at radius 1 is 1.33 bits per heavy atom. The van der Waals surface area contributed by atoms with Gasteiger partial charge in [0.05, 0.1) is 10.7 Å². The predicted molar refractivity (Wildman–Crippen MR) is 86.3 cm³/mol. The van der Waals surface area contributed by atoms with E-state index in [0.29, 0.717) is 11.6 Å². The van der Waals surface area contributed by atoms with Gasteiger partial charge in [0, 0.05) is 17.1 Å². The highest BCUT2D eigenvalue weighted by Gasteiger charge is 2.40. The number of nitrogens with two attached hydrogens (primary N) is 1. The average molecular weight is 352 g/mol. The van der Waals surface area contributed by atoms with Crippen molar-refractivity contribution in [2.45, 2.75) is 29.7 Å². The Morgan fingerprint density at radius 2 is 1.95 bits per heavy atom. The second-order valence-electron chi connectivity index (χ2n) is 5.60. The van der Waals surface area contributed by atoms with Crippen LogP contribution in [-0.2, 0) is 10.0 Å². The van der Waals surface area contributed by atoms with Crippen LogP contribution in [0.4, 0.5) is 5.69 Å². The first-order valence-corrected chi connectivity index (χ1v) is 8.83. The molecular formula is C13H19Cl2N3O2S. The van der Waals surface area contributed by atoms with Gasteiger partial charge in [-0.1, -0.05) is 23.2 Å². The van der Waals surface area contributed by atoms with Gasteiger partial charge in [-0.2, -0.15) is 0 Å². The van der Waals surface area contributed by atoms with Gasteiger partial charge in [0.15, 0.2) is 0 Å². The van der Waals surface area contributed by atoms with Crippen molar-refractivity contribution in [3.63, 3.8) is 0 Å². The van der Waals surface area contributed by atoms with Gasteiger partial charge in [-0.05, 0) is 45.5 Å². The summed E-state index contributed by atoms with van der Waals surface area (Å²) in [5, 5.41) is 0.334. The fraction of sp³-hybridized carbons (Fsp3) is 0.538. The number of rotatable bonds is 5. The van der Waals surface area contributed by atoms with Crippen LogP contribution in [0.1, 0.15) is 19.3 Å². The fourth-order valence-corrected chi connectivity index (χ4v) is 4.63. The molecule has 0 bridgehead atoms. The smallest absolute Gasteiger partial charge is 0.244 e. The van der Waals surface area contributed by atoms with Crippen molar-refractivity contribution in [1.29, 1.82) is 0 Å². The van der Waals surface area contributed by atoms with E-state index in [1.165, 1.54) is 12.1 Å². The van der Waals surface area contributed by atoms with Crippen LogP contribution in [0.3, 0.4) is 0 Å². The fourth-order valence-electron chi connectivity index (χ4n) is 2.53. The maximum Gasteiger partial charge on any atom is 0.244 e. The van der Waals surface area contributed by atoms with Gasteiger partial charge in [0.2, 0.25) is 10.0 Å². The summed E-state index contributed by atoms with van der Waals surface area (Å²) in [4.78, 5) is 1.95. The van der Waals surface area contributed by atoms with Crippen LogP contribution in [-0.4, -0.2) is 39.5 Å². The number of hydrogen-bond acceptors (Lipinski definition) is 4. The van der Waals surface area contributed by atoms with E-state index >= 15 is 0 Å². The highest BCUT2D eigenvalue weighted by molar-refractivity contribution is 7.89. The molecule has 0 aliphatic heterocycles. The third kappa shape index (κ3) is 3.29. The normalized spacial score (nSPS) is 17.8. The Bertz CT molecular complexity index is 620. The maximum absolute atomic E-state index is 12.5. The van der Waals surface area contributed by atoms with Gasteiger partial charge < -0.3 is 10.6 Å². The number of nitrogens with zero attached hydrogens (tertiary/aromatic N) is 1. The molecule has 1 aliphatic rings. The number of benzene rings is 1. The molecule has 1 fully saturated rings. The van der Waals surface area contributed by atoms with Crippen LogP contribution >= 0.6 is 23.2 Å². The lowest BCUT2D eigenvalue weighted by Crippen LogP contribution is -2.57. The average Bonchev–Trinajstić information content (AvgIpc) is 2.24. The van der Waals surface area contributed by atoms with Crippen LogP contribution in [0.5, 0.6) is 0 Å². The number of hydrogen-bond donors (Lipinski definition) is 2. The summed E-state index contributed by atoms with van der Waals surface area (Å²) in [6.45, 7) is 0.334. The molecule has 21 heavy (non-hydrogen) atoms. The highest BCUT2D eigenvalue weighted by Crippen LogP contribution is 2.36. The molecule has 3 N–H and O–H groups in total. The van der Waals surface area contributed by atoms with Crippen molar-refractivity contribution in [3.05, 3.63) is 22.2 Å². The monoisotopic (exact) mass is 351 g/mol. The van der Waals surface area contributed by atoms with Crippen molar-refractivity contribution in [2.75, 3.05) is 26.4 Å². The minimum absolute atomic E-state index is 0.0278. The van der Waals surface area contributed by atoms with E-state index in [4.69, 9.17) is 28.9 Å². The summed E-state index contributed by atoms with van der Waals surface area (Å²) in [6.07, 6.45) is 3.03. The number of nitrogen functional groups attached to an aromatic ring is 1. The van der Waals surface area contributed by atoms with Crippen LogP contribution in [0.2, 0.25) is 10.0 Å². The van der Waals surface area contributed by atoms with Crippen molar-refractivity contribution < 1.29 is 8.42 Å². The van der Waals surface area contributed by atoms with E-state index in [2.05, 4.69) is 9.62 Å². The molecule has 2 rings (SSSR count). The van der Waals surface area contributed by atoms with Gasteiger partial charge in [-0.25, -0.2) is 13.1 Å². The van der Waals surface area contributed by atoms with E-state index in [1.807, 2.05) is 14.1 Å². The SMILES string of the molecule is CN(C)C1(CNS(=O)(=O)c2c(N)cc(Cl)cc2Cl)CCC1. The number of anilines is 1. The minimum atomic E-state index is -3.77. The summed E-state index contributed by atoms with van der Waals surface area (Å²) in [7, 11) is 0.137. The minimum Gasteiger partial charge on any atom is -0.398 e. The van der Waals surface area contributed by atoms with Crippen LogP contribution in [0.15, 0.2) is 17.0 Å². The van der Waals surface area contributed by atoms with Crippen molar-refractivity contribution in [3.8, 4) is 0 Å². The molecule has 1 aromatic rings. The van der Waals surface area contributed by atoms with Gasteiger partial charge >= 0.3 is 0 Å². The molecule has 0 unspecified atom stereocenters. The van der Waals surface area contributed by atoms with Gasteiger partial charge in [-0.15, -0.1) is 0 Å². The lowest BCUT2D eigenvalue weighted by Gasteiger charge is -2.47. The zero-order chi connectivity index (χ0) is 15.8. The first kappa shape index (κ1) is 16.8. The van der Waals surface area contributed by atoms with E-state index in [9.17, 15) is 8.42 Å². The molecule has 0 saturated heterocycles. The number of nitrogens with one attached hydrogen (secondary N) is 1. The Balaban J connectivity index is 2.24. The summed E-state index contributed by atoms with van der Waals surface area (Å²) < 4.78 is 27.5. The second kappa shape index (κ2) is 5.93. The first-order valence-electron chi connectivity index (χ1n) is 6.60. The predicted octanol–water partition coefficient (Wildman–Crippen LogP) is 2.34. The van der Waals surface area contributed by atoms with Crippen LogP contribution in [0, 0.1) is 0 Å². The molecule has 0 spiro atoms. The topological polar surface area (TPSA) is 75.4 Å². The number of halogens is 2. The lowest BCUT2D eigenvalue weighted by atomic mass is 9.76. The van der Waals surface area contributed by atoms with Crippen molar-refractivity contribution in [2.24, 2.45) is 0 Å². The van der Waals surface area contributed by atoms with E-state index in [-0.39, 0.29) is 21.1 Å². The molecule has 118 valence electrons. The van der Waals surface area contributed by atoms with Crippen molar-refractivity contribution >= 4 is 38.9 Å². The molecule has 0 heterocycles. The molecule has 1 aromatic carbocycles. The van der Waals surface area contributed by atoms with Crippen LogP contribution in [0.25, 0.3) is 0 Å². The van der Waals surface area contributed by atoms with Gasteiger partial charge in [-0.3, -0.25) is 0 Å². The molecule has 0 radical (unpaired) electrons. The van der Waals surface area contributed by atoms with E-state index in [0.717, 1.165) is 19.3 Å². The maximum atomic E-state index is 12.5. The summed E-state index contributed by atoms with van der Waals surface area (Å²) in [5.41, 5.74) is 5.68. The zero-order valence-corrected chi connectivity index (χ0v) is 14.3. The largest absolute Gasteiger partial charge is 0.398 e. The zero-order valence-electron chi connectivity index (χ0n) is 12.0. The lowest BCUT2D eigenvalue weighted by molar-refractivity contribution is 0.0657. The van der Waals surface area contributed by atoms with Gasteiger partial charge in [0.1, 0.15) is 4.90 Å². The second-order valence-corrected chi connectivity index (χ2v) is 8.15. The number of sulfonamides is 1. The molecule has 8 heteroatoms. The first-order chi connectivity index (χ1) is 9.68. The van der Waals surface area contributed by atoms with E-state index < -0.39 is 10.0 Å². The third-order valence-corrected chi connectivity index (χ3v) is 6.28. The molecule has 1 saturated carbocycles. The quantitative estimate of drug-likeness (QED) is 0.798. The summed E-state index contributed by atoms with van der Waals surface area (Å²) in [6, 6.07) is 2.76. The molecule has 1 aliphatic carbocycles. The molecule has 0 aromatic heterocycles. The standard InChI is InChI=1S/C13H19Cl2N3O2S/c1-18(2)13(4-3-5-13)8-17-21(19,20)12-10(15)6-9(14)7-11(12)16/h6-7,17H,3-5,8,16H2,1-2H3. The third-order valence-electron chi connectivity index (χ3n) is 4.13. The van der Waals surface area contributed by atoms with E-state index in [1.54, 1.807) is 0 Å². The Hall–Kier alpha value is -0.530. The molecular weight excluding hydrogens is 333 g/mol. The molecule has 0 atom stereocenters. The van der Waals surface area contributed by atoms with Gasteiger partial charge in [0.25, 0.3) is 0 Å². The molecule has 0 amide bonds. The Labute approximate surface area is 135 Å². The van der Waals surface area contributed by atoms with Crippen LogP contribution < -0.4 is 10.5 Å². The summed E-state index contributed by atoms with van der Waals surface area (Å²) in [5.74, 6) is 0. The summed E-state index contributed by atoms with van der Waals surface area (Å²) >= 11 is 11.8. The molecule has 5 nitrogen and oxygen atoms in total. The Kier molecular flexibility index (Phi) is 4.75. The Morgan fingerprint density at radius 3 is 2.38 bits per heavy atom.